The van der Waals surface area contributed by atoms with Gasteiger partial charge in [0.1, 0.15) is 17.9 Å². The van der Waals surface area contributed by atoms with Crippen molar-refractivity contribution in [3.8, 4) is 0 Å². The van der Waals surface area contributed by atoms with Gasteiger partial charge < -0.3 is 10.1 Å². The van der Waals surface area contributed by atoms with E-state index in [2.05, 4.69) is 20.5 Å². The second-order valence-corrected chi connectivity index (χ2v) is 7.81. The van der Waals surface area contributed by atoms with Gasteiger partial charge in [-0.1, -0.05) is 12.1 Å². The van der Waals surface area contributed by atoms with E-state index < -0.39 is 5.97 Å². The van der Waals surface area contributed by atoms with Crippen molar-refractivity contribution in [3.63, 3.8) is 0 Å². The highest BCUT2D eigenvalue weighted by molar-refractivity contribution is 7.09. The molecule has 0 aliphatic rings. The number of carbonyl (C=O) groups excluding carboxylic acids is 2. The summed E-state index contributed by atoms with van der Waals surface area (Å²) in [6.07, 6.45) is 3.29. The minimum absolute atomic E-state index is 0.0359. The molecule has 1 N–H and O–H groups in total. The number of rotatable bonds is 6. The van der Waals surface area contributed by atoms with Crippen LogP contribution in [0.5, 0.6) is 0 Å². The molecule has 0 saturated carbocycles. The maximum atomic E-state index is 12.3. The highest BCUT2D eigenvalue weighted by atomic mass is 32.1. The molecule has 0 radical (unpaired) electrons. The molecule has 3 heterocycles. The molecule has 3 aromatic heterocycles. The Balaban J connectivity index is 1.33. The van der Waals surface area contributed by atoms with Gasteiger partial charge in [0.15, 0.2) is 5.65 Å². The highest BCUT2D eigenvalue weighted by Crippen LogP contribution is 2.18. The van der Waals surface area contributed by atoms with Crippen molar-refractivity contribution in [2.24, 2.45) is 0 Å². The van der Waals surface area contributed by atoms with Gasteiger partial charge in [0.2, 0.25) is 5.91 Å². The van der Waals surface area contributed by atoms with Crippen molar-refractivity contribution in [2.75, 3.05) is 5.32 Å². The zero-order valence-corrected chi connectivity index (χ0v) is 17.3. The van der Waals surface area contributed by atoms with Gasteiger partial charge in [0, 0.05) is 17.3 Å². The van der Waals surface area contributed by atoms with Gasteiger partial charge in [-0.2, -0.15) is 0 Å². The predicted molar refractivity (Wildman–Crippen MR) is 112 cm³/mol. The molecule has 1 amide bonds. The summed E-state index contributed by atoms with van der Waals surface area (Å²) >= 11 is 1.36. The van der Waals surface area contributed by atoms with E-state index in [0.29, 0.717) is 21.9 Å². The molecule has 0 saturated heterocycles. The predicted octanol–water partition coefficient (Wildman–Crippen LogP) is 3.34. The molecule has 8 nitrogen and oxygen atoms in total. The number of amides is 1. The molecule has 4 rings (SSSR count). The fourth-order valence-corrected chi connectivity index (χ4v) is 3.65. The molecule has 0 aliphatic carbocycles. The molecular weight excluding hydrogens is 402 g/mol. The molecule has 0 spiro atoms. The third-order valence-corrected chi connectivity index (χ3v) is 5.35. The third-order valence-electron chi connectivity index (χ3n) is 4.46. The van der Waals surface area contributed by atoms with Gasteiger partial charge >= 0.3 is 5.97 Å². The van der Waals surface area contributed by atoms with Crippen LogP contribution in [0, 0.1) is 13.8 Å². The first-order valence-electron chi connectivity index (χ1n) is 9.25. The Hall–Kier alpha value is -3.59. The topological polar surface area (TPSA) is 98.5 Å². The van der Waals surface area contributed by atoms with Crippen LogP contribution in [-0.4, -0.2) is 31.5 Å². The Bertz CT molecular complexity index is 1230. The van der Waals surface area contributed by atoms with E-state index in [1.165, 1.54) is 17.7 Å². The van der Waals surface area contributed by atoms with Crippen molar-refractivity contribution >= 4 is 34.5 Å². The van der Waals surface area contributed by atoms with E-state index in [1.807, 2.05) is 32.0 Å². The van der Waals surface area contributed by atoms with Crippen LogP contribution in [-0.2, 0) is 22.6 Å². The maximum Gasteiger partial charge on any atom is 0.340 e. The molecule has 0 aliphatic heterocycles. The molecule has 0 fully saturated rings. The first-order chi connectivity index (χ1) is 14.5. The molecule has 0 bridgehead atoms. The zero-order valence-electron chi connectivity index (χ0n) is 16.5. The minimum atomic E-state index is -0.465. The number of thiazole rings is 1. The van der Waals surface area contributed by atoms with Gasteiger partial charge in [-0.15, -0.1) is 21.5 Å². The Labute approximate surface area is 176 Å². The minimum Gasteiger partial charge on any atom is -0.456 e. The number of carbonyl (C=O) groups is 2. The molecule has 0 unspecified atom stereocenters. The zero-order chi connectivity index (χ0) is 21.1. The number of nitrogens with zero attached hydrogens (tertiary/aromatic N) is 4. The lowest BCUT2D eigenvalue weighted by molar-refractivity contribution is -0.115. The lowest BCUT2D eigenvalue weighted by Crippen LogP contribution is -2.15. The number of aryl methyl sites for hydroxylation is 2. The van der Waals surface area contributed by atoms with Crippen molar-refractivity contribution < 1.29 is 14.3 Å². The number of pyridine rings is 1. The quantitative estimate of drug-likeness (QED) is 0.480. The van der Waals surface area contributed by atoms with Crippen LogP contribution in [0.15, 0.2) is 48.2 Å². The maximum absolute atomic E-state index is 12.3. The van der Waals surface area contributed by atoms with Gasteiger partial charge in [-0.25, -0.2) is 9.78 Å². The molecule has 4 aromatic rings. The lowest BCUT2D eigenvalue weighted by atomic mass is 10.1. The molecular formula is C21H19N5O3S. The van der Waals surface area contributed by atoms with Crippen molar-refractivity contribution in [3.05, 3.63) is 75.6 Å². The number of ether oxygens (including phenoxy) is 1. The Morgan fingerprint density at radius 1 is 1.20 bits per heavy atom. The van der Waals surface area contributed by atoms with Crippen LogP contribution in [0.3, 0.4) is 0 Å². The summed E-state index contributed by atoms with van der Waals surface area (Å²) in [5, 5.41) is 13.0. The number of esters is 1. The number of fused-ring (bicyclic) bond motifs is 1. The van der Waals surface area contributed by atoms with E-state index in [9.17, 15) is 9.59 Å². The van der Waals surface area contributed by atoms with Crippen molar-refractivity contribution in [2.45, 2.75) is 26.9 Å². The third kappa shape index (κ3) is 4.52. The van der Waals surface area contributed by atoms with E-state index >= 15 is 0 Å². The first kappa shape index (κ1) is 19.7. The van der Waals surface area contributed by atoms with Crippen LogP contribution in [0.4, 0.5) is 5.69 Å². The smallest absolute Gasteiger partial charge is 0.340 e. The number of anilines is 1. The van der Waals surface area contributed by atoms with Crippen LogP contribution in [0.1, 0.15) is 32.2 Å². The monoisotopic (exact) mass is 421 g/mol. The summed E-state index contributed by atoms with van der Waals surface area (Å²) in [5.41, 5.74) is 4.53. The van der Waals surface area contributed by atoms with Crippen LogP contribution < -0.4 is 5.32 Å². The Morgan fingerprint density at radius 3 is 2.93 bits per heavy atom. The Morgan fingerprint density at radius 2 is 2.07 bits per heavy atom. The van der Waals surface area contributed by atoms with Gasteiger partial charge in [-0.05, 0) is 43.2 Å². The second kappa shape index (κ2) is 8.42. The summed E-state index contributed by atoms with van der Waals surface area (Å²) in [7, 11) is 0. The lowest BCUT2D eigenvalue weighted by Gasteiger charge is -2.08. The van der Waals surface area contributed by atoms with Crippen LogP contribution in [0.25, 0.3) is 5.65 Å². The standard InChI is InChI=1S/C21H19N5O3S/c1-13-3-4-14(2)17(7-13)24-19(27)8-20-23-16(11-30-20)10-29-21(28)15-5-6-18-25-22-12-26(18)9-15/h3-7,9,11-12H,8,10H2,1-2H3,(H,24,27). The summed E-state index contributed by atoms with van der Waals surface area (Å²) < 4.78 is 6.98. The molecule has 1 aromatic carbocycles. The summed E-state index contributed by atoms with van der Waals surface area (Å²) in [4.78, 5) is 29.0. The normalized spacial score (nSPS) is 10.9. The summed E-state index contributed by atoms with van der Waals surface area (Å²) in [6, 6.07) is 9.25. The van der Waals surface area contributed by atoms with Gasteiger partial charge in [0.05, 0.1) is 17.7 Å². The van der Waals surface area contributed by atoms with E-state index in [-0.39, 0.29) is 18.9 Å². The average molecular weight is 421 g/mol. The van der Waals surface area contributed by atoms with E-state index in [0.717, 1.165) is 16.8 Å². The molecule has 152 valence electrons. The van der Waals surface area contributed by atoms with Crippen LogP contribution in [0.2, 0.25) is 0 Å². The molecule has 30 heavy (non-hydrogen) atoms. The van der Waals surface area contributed by atoms with Crippen molar-refractivity contribution in [1.82, 2.24) is 19.6 Å². The van der Waals surface area contributed by atoms with E-state index in [4.69, 9.17) is 4.74 Å². The number of benzene rings is 1. The fourth-order valence-electron chi connectivity index (χ4n) is 2.87. The number of aromatic nitrogens is 4. The van der Waals surface area contributed by atoms with Gasteiger partial charge in [-0.3, -0.25) is 9.20 Å². The van der Waals surface area contributed by atoms with Crippen LogP contribution >= 0.6 is 11.3 Å². The number of hydrogen-bond donors (Lipinski definition) is 1. The number of nitrogens with one attached hydrogen (secondary N) is 1. The first-order valence-corrected chi connectivity index (χ1v) is 10.1. The summed E-state index contributed by atoms with van der Waals surface area (Å²) in [6.45, 7) is 3.97. The van der Waals surface area contributed by atoms with Crippen molar-refractivity contribution in [1.29, 1.82) is 0 Å². The fraction of sp³-hybridized carbons (Fsp3) is 0.190. The SMILES string of the molecule is Cc1ccc(C)c(NC(=O)Cc2nc(COC(=O)c3ccc4nncn4c3)cs2)c1. The molecule has 0 atom stereocenters. The Kier molecular flexibility index (Phi) is 5.53. The number of hydrogen-bond acceptors (Lipinski definition) is 7. The van der Waals surface area contributed by atoms with E-state index in [1.54, 1.807) is 28.1 Å². The average Bonchev–Trinajstić information content (AvgIpc) is 3.37. The summed E-state index contributed by atoms with van der Waals surface area (Å²) in [5.74, 6) is -0.600. The second-order valence-electron chi connectivity index (χ2n) is 6.87. The molecule has 9 heteroatoms. The largest absolute Gasteiger partial charge is 0.456 e. The highest BCUT2D eigenvalue weighted by Gasteiger charge is 2.13. The van der Waals surface area contributed by atoms with Gasteiger partial charge in [0.25, 0.3) is 0 Å².